The fraction of sp³-hybridized carbons (Fsp3) is 0.333. The van der Waals surface area contributed by atoms with Crippen molar-refractivity contribution in [3.05, 3.63) is 54.6 Å². The zero-order valence-corrected chi connectivity index (χ0v) is 14.6. The smallest absolute Gasteiger partial charge is 0.247 e. The highest BCUT2D eigenvalue weighted by atomic mass is 16.2. The molecule has 128 valence electrons. The zero-order chi connectivity index (χ0) is 17.2. The van der Waals surface area contributed by atoms with Gasteiger partial charge in [0.15, 0.2) is 0 Å². The van der Waals surface area contributed by atoms with Crippen LogP contribution in [0, 0.1) is 0 Å². The van der Waals surface area contributed by atoms with Crippen molar-refractivity contribution in [2.24, 2.45) is 0 Å². The Balaban J connectivity index is 1.76. The van der Waals surface area contributed by atoms with Gasteiger partial charge >= 0.3 is 0 Å². The van der Waals surface area contributed by atoms with Crippen LogP contribution in [0.2, 0.25) is 0 Å². The molecule has 1 atom stereocenters. The minimum Gasteiger partial charge on any atom is -0.341 e. The van der Waals surface area contributed by atoms with Gasteiger partial charge in [-0.3, -0.25) is 9.48 Å². The standard InChI is InChI=1S/C21H23N3O/c1-16(21(25)23-14-8-3-9-15-23)24-19-13-7-6-12-18(19)20(22-24)17-10-4-2-5-11-17/h2,4-7,10-13,16H,3,8-9,14-15H2,1H3. The summed E-state index contributed by atoms with van der Waals surface area (Å²) < 4.78 is 1.90. The largest absolute Gasteiger partial charge is 0.341 e. The third kappa shape index (κ3) is 2.93. The van der Waals surface area contributed by atoms with Crippen molar-refractivity contribution in [3.63, 3.8) is 0 Å². The molecule has 1 aliphatic heterocycles. The van der Waals surface area contributed by atoms with E-state index in [0.29, 0.717) is 0 Å². The lowest BCUT2D eigenvalue weighted by atomic mass is 10.1. The maximum absolute atomic E-state index is 13.0. The van der Waals surface area contributed by atoms with E-state index in [0.717, 1.165) is 48.1 Å². The van der Waals surface area contributed by atoms with Crippen molar-refractivity contribution in [1.29, 1.82) is 0 Å². The van der Waals surface area contributed by atoms with Crippen molar-refractivity contribution < 1.29 is 4.79 Å². The van der Waals surface area contributed by atoms with Crippen LogP contribution in [0.5, 0.6) is 0 Å². The summed E-state index contributed by atoms with van der Waals surface area (Å²) in [5.74, 6) is 0.174. The number of piperidine rings is 1. The molecule has 0 N–H and O–H groups in total. The number of amides is 1. The van der Waals surface area contributed by atoms with E-state index in [1.807, 2.05) is 46.8 Å². The number of aromatic nitrogens is 2. The second-order valence-corrected chi connectivity index (χ2v) is 6.74. The first-order valence-corrected chi connectivity index (χ1v) is 9.07. The van der Waals surface area contributed by atoms with Crippen LogP contribution in [0.15, 0.2) is 54.6 Å². The zero-order valence-electron chi connectivity index (χ0n) is 14.6. The minimum absolute atomic E-state index is 0.174. The molecular weight excluding hydrogens is 310 g/mol. The molecule has 4 heteroatoms. The molecule has 2 heterocycles. The van der Waals surface area contributed by atoms with E-state index in [4.69, 9.17) is 5.10 Å². The highest BCUT2D eigenvalue weighted by Gasteiger charge is 2.26. The molecule has 1 aliphatic rings. The summed E-state index contributed by atoms with van der Waals surface area (Å²) in [6.07, 6.45) is 3.43. The van der Waals surface area contributed by atoms with E-state index >= 15 is 0 Å². The number of nitrogens with zero attached hydrogens (tertiary/aromatic N) is 3. The topological polar surface area (TPSA) is 38.1 Å². The van der Waals surface area contributed by atoms with Gasteiger partial charge in [0.1, 0.15) is 11.7 Å². The lowest BCUT2D eigenvalue weighted by molar-refractivity contribution is -0.135. The molecule has 0 spiro atoms. The molecule has 2 aromatic carbocycles. The fourth-order valence-electron chi connectivity index (χ4n) is 3.68. The number of hydrogen-bond donors (Lipinski definition) is 0. The molecule has 1 amide bonds. The van der Waals surface area contributed by atoms with E-state index in [-0.39, 0.29) is 11.9 Å². The lowest BCUT2D eigenvalue weighted by Gasteiger charge is -2.29. The quantitative estimate of drug-likeness (QED) is 0.717. The van der Waals surface area contributed by atoms with Crippen molar-refractivity contribution >= 4 is 16.8 Å². The molecule has 1 saturated heterocycles. The Bertz CT molecular complexity index is 879. The summed E-state index contributed by atoms with van der Waals surface area (Å²) >= 11 is 0. The van der Waals surface area contributed by atoms with Gasteiger partial charge in [0.25, 0.3) is 0 Å². The molecule has 1 unspecified atom stereocenters. The number of hydrogen-bond acceptors (Lipinski definition) is 2. The second-order valence-electron chi connectivity index (χ2n) is 6.74. The average Bonchev–Trinajstić information content (AvgIpc) is 3.08. The number of rotatable bonds is 3. The molecule has 0 bridgehead atoms. The number of carbonyl (C=O) groups is 1. The summed E-state index contributed by atoms with van der Waals surface area (Å²) in [4.78, 5) is 14.9. The lowest BCUT2D eigenvalue weighted by Crippen LogP contribution is -2.39. The van der Waals surface area contributed by atoms with Crippen LogP contribution >= 0.6 is 0 Å². The third-order valence-corrected chi connectivity index (χ3v) is 5.05. The van der Waals surface area contributed by atoms with E-state index in [2.05, 4.69) is 24.3 Å². The van der Waals surface area contributed by atoms with E-state index < -0.39 is 0 Å². The summed E-state index contributed by atoms with van der Waals surface area (Å²) in [5.41, 5.74) is 3.03. The van der Waals surface area contributed by atoms with E-state index in [1.54, 1.807) is 0 Å². The van der Waals surface area contributed by atoms with Crippen molar-refractivity contribution in [3.8, 4) is 11.3 Å². The Kier molecular flexibility index (Phi) is 4.26. The first kappa shape index (κ1) is 15.9. The summed E-state index contributed by atoms with van der Waals surface area (Å²) in [6, 6.07) is 18.0. The molecule has 1 fully saturated rings. The normalized spacial score (nSPS) is 16.1. The van der Waals surface area contributed by atoms with Gasteiger partial charge in [-0.1, -0.05) is 48.5 Å². The molecule has 0 radical (unpaired) electrons. The van der Waals surface area contributed by atoms with Crippen LogP contribution in [-0.2, 0) is 4.79 Å². The number of benzene rings is 2. The van der Waals surface area contributed by atoms with Crippen molar-refractivity contribution in [1.82, 2.24) is 14.7 Å². The molecule has 25 heavy (non-hydrogen) atoms. The monoisotopic (exact) mass is 333 g/mol. The van der Waals surface area contributed by atoms with Gasteiger partial charge in [-0.2, -0.15) is 5.10 Å². The molecule has 0 saturated carbocycles. The third-order valence-electron chi connectivity index (χ3n) is 5.05. The molecule has 3 aromatic rings. The van der Waals surface area contributed by atoms with Crippen LogP contribution in [0.25, 0.3) is 22.2 Å². The Labute approximate surface area is 148 Å². The number of likely N-dealkylation sites (tertiary alicyclic amines) is 1. The van der Waals surface area contributed by atoms with Crippen molar-refractivity contribution in [2.75, 3.05) is 13.1 Å². The van der Waals surface area contributed by atoms with Gasteiger partial charge in [0.05, 0.1) is 5.52 Å². The van der Waals surface area contributed by atoms with Crippen LogP contribution in [0.3, 0.4) is 0 Å². The second kappa shape index (κ2) is 6.71. The molecule has 0 aliphatic carbocycles. The summed E-state index contributed by atoms with van der Waals surface area (Å²) in [5, 5.41) is 5.93. The molecule has 4 nitrogen and oxygen atoms in total. The number of carbonyl (C=O) groups excluding carboxylic acids is 1. The Hall–Kier alpha value is -2.62. The SMILES string of the molecule is CC(C(=O)N1CCCCC1)n1nc(-c2ccccc2)c2ccccc21. The number of fused-ring (bicyclic) bond motifs is 1. The Morgan fingerprint density at radius 3 is 2.40 bits per heavy atom. The van der Waals surface area contributed by atoms with E-state index in [1.165, 1.54) is 6.42 Å². The van der Waals surface area contributed by atoms with Gasteiger partial charge in [0.2, 0.25) is 5.91 Å². The Morgan fingerprint density at radius 2 is 1.64 bits per heavy atom. The summed E-state index contributed by atoms with van der Waals surface area (Å²) in [7, 11) is 0. The predicted molar refractivity (Wildman–Crippen MR) is 100 cm³/mol. The first-order valence-electron chi connectivity index (χ1n) is 9.07. The van der Waals surface area contributed by atoms with Crippen LogP contribution in [0.1, 0.15) is 32.2 Å². The molecular formula is C21H23N3O. The van der Waals surface area contributed by atoms with Crippen LogP contribution < -0.4 is 0 Å². The summed E-state index contributed by atoms with van der Waals surface area (Å²) in [6.45, 7) is 3.70. The average molecular weight is 333 g/mol. The van der Waals surface area contributed by atoms with E-state index in [9.17, 15) is 4.79 Å². The number of para-hydroxylation sites is 1. The highest BCUT2D eigenvalue weighted by molar-refractivity contribution is 5.94. The van der Waals surface area contributed by atoms with Gasteiger partial charge < -0.3 is 4.90 Å². The van der Waals surface area contributed by atoms with Gasteiger partial charge in [-0.15, -0.1) is 0 Å². The first-order chi connectivity index (χ1) is 12.3. The Morgan fingerprint density at radius 1 is 0.960 bits per heavy atom. The van der Waals surface area contributed by atoms with Gasteiger partial charge in [0, 0.05) is 24.0 Å². The minimum atomic E-state index is -0.291. The molecule has 4 rings (SSSR count). The maximum Gasteiger partial charge on any atom is 0.247 e. The van der Waals surface area contributed by atoms with Crippen molar-refractivity contribution in [2.45, 2.75) is 32.2 Å². The highest BCUT2D eigenvalue weighted by Crippen LogP contribution is 2.30. The van der Waals surface area contributed by atoms with Gasteiger partial charge in [-0.25, -0.2) is 0 Å². The molecule has 1 aromatic heterocycles. The predicted octanol–water partition coefficient (Wildman–Crippen LogP) is 4.28. The fourth-order valence-corrected chi connectivity index (χ4v) is 3.68. The van der Waals surface area contributed by atoms with Crippen LogP contribution in [0.4, 0.5) is 0 Å². The maximum atomic E-state index is 13.0. The van der Waals surface area contributed by atoms with Gasteiger partial charge in [-0.05, 0) is 32.3 Å². The van der Waals surface area contributed by atoms with Crippen LogP contribution in [-0.4, -0.2) is 33.7 Å².